The van der Waals surface area contributed by atoms with E-state index < -0.39 is 12.1 Å². The van der Waals surface area contributed by atoms with E-state index in [4.69, 9.17) is 5.11 Å². The molecule has 1 aromatic carbocycles. The van der Waals surface area contributed by atoms with Gasteiger partial charge in [0.15, 0.2) is 11.9 Å². The number of rotatable bonds is 5. The van der Waals surface area contributed by atoms with Gasteiger partial charge in [-0.2, -0.15) is 0 Å². The van der Waals surface area contributed by atoms with E-state index >= 15 is 0 Å². The first-order chi connectivity index (χ1) is 7.97. The van der Waals surface area contributed by atoms with Crippen molar-refractivity contribution in [3.63, 3.8) is 0 Å². The van der Waals surface area contributed by atoms with E-state index in [0.29, 0.717) is 21.8 Å². The molecule has 1 atom stereocenters. The quantitative estimate of drug-likeness (QED) is 0.621. The zero-order valence-electron chi connectivity index (χ0n) is 8.69. The smallest absolute Gasteiger partial charge is 0.337 e. The van der Waals surface area contributed by atoms with E-state index in [1.165, 1.54) is 6.07 Å². The van der Waals surface area contributed by atoms with E-state index in [0.717, 1.165) is 0 Å². The number of benzene rings is 1. The van der Waals surface area contributed by atoms with Crippen molar-refractivity contribution < 1.29 is 19.8 Å². The topological polar surface area (TPSA) is 74.6 Å². The van der Waals surface area contributed by atoms with Crippen molar-refractivity contribution >= 4 is 43.6 Å². The van der Waals surface area contributed by atoms with Crippen molar-refractivity contribution in [3.8, 4) is 0 Å². The number of halogens is 2. The van der Waals surface area contributed by atoms with Gasteiger partial charge in [-0.05, 0) is 12.1 Å². The minimum atomic E-state index is -1.64. The van der Waals surface area contributed by atoms with Crippen LogP contribution in [0.25, 0.3) is 0 Å². The SMILES string of the molecule is O=C(CCBr)c1ccc(Br)c(C(O)C(=O)O)c1. The van der Waals surface area contributed by atoms with Gasteiger partial charge in [0.05, 0.1) is 0 Å². The fraction of sp³-hybridized carbons (Fsp3) is 0.273. The summed E-state index contributed by atoms with van der Waals surface area (Å²) in [7, 11) is 0. The Kier molecular flexibility index (Phi) is 5.30. The third kappa shape index (κ3) is 3.62. The monoisotopic (exact) mass is 364 g/mol. The first kappa shape index (κ1) is 14.3. The number of hydrogen-bond acceptors (Lipinski definition) is 3. The number of aliphatic carboxylic acids is 1. The van der Waals surface area contributed by atoms with E-state index in [9.17, 15) is 14.7 Å². The summed E-state index contributed by atoms with van der Waals surface area (Å²) < 4.78 is 0.461. The van der Waals surface area contributed by atoms with Crippen LogP contribution in [0.5, 0.6) is 0 Å². The fourth-order valence-corrected chi connectivity index (χ4v) is 2.11. The van der Waals surface area contributed by atoms with Crippen molar-refractivity contribution in [3.05, 3.63) is 33.8 Å². The number of ketones is 1. The maximum atomic E-state index is 11.6. The summed E-state index contributed by atoms with van der Waals surface area (Å²) in [6, 6.07) is 4.55. The summed E-state index contributed by atoms with van der Waals surface area (Å²) in [5.74, 6) is -1.45. The van der Waals surface area contributed by atoms with Crippen LogP contribution in [0, 0.1) is 0 Å². The maximum absolute atomic E-state index is 11.6. The Morgan fingerprint density at radius 3 is 2.53 bits per heavy atom. The van der Waals surface area contributed by atoms with Crippen molar-refractivity contribution in [1.82, 2.24) is 0 Å². The molecule has 2 N–H and O–H groups in total. The second kappa shape index (κ2) is 6.28. The molecule has 0 bridgehead atoms. The van der Waals surface area contributed by atoms with E-state index in [1.807, 2.05) is 0 Å². The molecule has 6 heteroatoms. The summed E-state index contributed by atoms with van der Waals surface area (Å²) in [5, 5.41) is 18.7. The molecular weight excluding hydrogens is 356 g/mol. The highest BCUT2D eigenvalue weighted by atomic mass is 79.9. The summed E-state index contributed by atoms with van der Waals surface area (Å²) in [6.07, 6.45) is -1.31. The van der Waals surface area contributed by atoms with Crippen LogP contribution in [0.2, 0.25) is 0 Å². The standard InChI is InChI=1S/C11H10Br2O4/c12-4-3-9(14)6-1-2-8(13)7(5-6)10(15)11(16)17/h1-2,5,10,15H,3-4H2,(H,16,17). The van der Waals surface area contributed by atoms with Gasteiger partial charge in [-0.1, -0.05) is 37.9 Å². The molecule has 0 radical (unpaired) electrons. The van der Waals surface area contributed by atoms with Crippen LogP contribution in [0.1, 0.15) is 28.4 Å². The van der Waals surface area contributed by atoms with Gasteiger partial charge in [0.25, 0.3) is 0 Å². The van der Waals surface area contributed by atoms with Gasteiger partial charge < -0.3 is 10.2 Å². The molecule has 0 fully saturated rings. The number of aliphatic hydroxyl groups excluding tert-OH is 1. The molecule has 0 amide bonds. The lowest BCUT2D eigenvalue weighted by atomic mass is 10.0. The van der Waals surface area contributed by atoms with Crippen molar-refractivity contribution in [2.45, 2.75) is 12.5 Å². The second-order valence-electron chi connectivity index (χ2n) is 3.34. The highest BCUT2D eigenvalue weighted by Gasteiger charge is 2.20. The van der Waals surface area contributed by atoms with E-state index in [2.05, 4.69) is 31.9 Å². The number of carbonyl (C=O) groups excluding carboxylic acids is 1. The summed E-state index contributed by atoms with van der Waals surface area (Å²) in [5.41, 5.74) is 0.570. The largest absolute Gasteiger partial charge is 0.479 e. The third-order valence-corrected chi connectivity index (χ3v) is 3.29. The van der Waals surface area contributed by atoms with Crippen LogP contribution < -0.4 is 0 Å². The lowest BCUT2D eigenvalue weighted by molar-refractivity contribution is -0.147. The minimum Gasteiger partial charge on any atom is -0.479 e. The van der Waals surface area contributed by atoms with Gasteiger partial charge >= 0.3 is 5.97 Å². The first-order valence-electron chi connectivity index (χ1n) is 4.77. The number of hydrogen-bond donors (Lipinski definition) is 2. The van der Waals surface area contributed by atoms with Gasteiger partial charge in [0.1, 0.15) is 0 Å². The highest BCUT2D eigenvalue weighted by molar-refractivity contribution is 9.10. The number of carboxylic acids is 1. The van der Waals surface area contributed by atoms with Crippen LogP contribution in [0.3, 0.4) is 0 Å². The molecule has 0 saturated carbocycles. The van der Waals surface area contributed by atoms with Gasteiger partial charge in [-0.15, -0.1) is 0 Å². The zero-order valence-corrected chi connectivity index (χ0v) is 11.9. The van der Waals surface area contributed by atoms with Crippen LogP contribution in [-0.4, -0.2) is 27.3 Å². The first-order valence-corrected chi connectivity index (χ1v) is 6.68. The van der Waals surface area contributed by atoms with Gasteiger partial charge in [-0.3, -0.25) is 4.79 Å². The van der Waals surface area contributed by atoms with Crippen molar-refractivity contribution in [2.24, 2.45) is 0 Å². The van der Waals surface area contributed by atoms with Gasteiger partial charge in [0.2, 0.25) is 0 Å². The molecule has 1 aromatic rings. The Bertz CT molecular complexity index is 445. The lowest BCUT2D eigenvalue weighted by Crippen LogP contribution is -2.12. The Balaban J connectivity index is 3.10. The molecule has 92 valence electrons. The summed E-state index contributed by atoms with van der Waals surface area (Å²) >= 11 is 6.30. The summed E-state index contributed by atoms with van der Waals surface area (Å²) in [4.78, 5) is 22.3. The highest BCUT2D eigenvalue weighted by Crippen LogP contribution is 2.25. The van der Waals surface area contributed by atoms with Gasteiger partial charge in [-0.25, -0.2) is 4.79 Å². The third-order valence-electron chi connectivity index (χ3n) is 2.17. The molecule has 0 heterocycles. The zero-order chi connectivity index (χ0) is 13.0. The molecule has 0 aromatic heterocycles. The molecule has 4 nitrogen and oxygen atoms in total. The van der Waals surface area contributed by atoms with Crippen molar-refractivity contribution in [1.29, 1.82) is 0 Å². The molecule has 0 aliphatic heterocycles. The van der Waals surface area contributed by atoms with Crippen LogP contribution in [-0.2, 0) is 4.79 Å². The molecule has 0 saturated heterocycles. The number of Topliss-reactive ketones (excluding diaryl/α,β-unsaturated/α-hetero) is 1. The summed E-state index contributed by atoms with van der Waals surface area (Å²) in [6.45, 7) is 0. The predicted octanol–water partition coefficient (Wildman–Crippen LogP) is 2.53. The molecule has 1 unspecified atom stereocenters. The van der Waals surface area contributed by atoms with Crippen LogP contribution in [0.4, 0.5) is 0 Å². The van der Waals surface area contributed by atoms with Crippen LogP contribution in [0.15, 0.2) is 22.7 Å². The molecule has 0 aliphatic rings. The fourth-order valence-electron chi connectivity index (χ4n) is 1.29. The van der Waals surface area contributed by atoms with E-state index in [-0.39, 0.29) is 11.3 Å². The average Bonchev–Trinajstić information content (AvgIpc) is 2.28. The normalized spacial score (nSPS) is 12.2. The Labute approximate surface area is 115 Å². The minimum absolute atomic E-state index is 0.104. The van der Waals surface area contributed by atoms with E-state index in [1.54, 1.807) is 12.1 Å². The van der Waals surface area contributed by atoms with Crippen LogP contribution >= 0.6 is 31.9 Å². The molecular formula is C11H10Br2O4. The number of carbonyl (C=O) groups is 2. The molecule has 17 heavy (non-hydrogen) atoms. The Hall–Kier alpha value is -0.720. The Morgan fingerprint density at radius 2 is 2.00 bits per heavy atom. The number of carboxylic acid groups (broad SMARTS) is 1. The molecule has 0 aliphatic carbocycles. The number of alkyl halides is 1. The maximum Gasteiger partial charge on any atom is 0.337 e. The Morgan fingerprint density at radius 1 is 1.35 bits per heavy atom. The van der Waals surface area contributed by atoms with Crippen molar-refractivity contribution in [2.75, 3.05) is 5.33 Å². The average molecular weight is 366 g/mol. The predicted molar refractivity (Wildman–Crippen MR) is 69.5 cm³/mol. The molecule has 1 rings (SSSR count). The molecule has 0 spiro atoms. The lowest BCUT2D eigenvalue weighted by Gasteiger charge is -2.10. The van der Waals surface area contributed by atoms with Gasteiger partial charge in [0, 0.05) is 27.4 Å². The second-order valence-corrected chi connectivity index (χ2v) is 4.99. The number of aliphatic hydroxyl groups is 1.